The zero-order valence-corrected chi connectivity index (χ0v) is 10.7. The molecule has 0 unspecified atom stereocenters. The molecule has 5 nitrogen and oxygen atoms in total. The average Bonchev–Trinajstić information content (AvgIpc) is 2.91. The molecule has 0 aromatic heterocycles. The molecular formula is C12H21NO4. The molecule has 1 amide bonds. The Bertz CT molecular complexity index is 291. The first kappa shape index (κ1) is 13.8. The summed E-state index contributed by atoms with van der Waals surface area (Å²) in [5, 5.41) is 11.4. The van der Waals surface area contributed by atoms with Crippen LogP contribution in [0, 0.1) is 5.92 Å². The summed E-state index contributed by atoms with van der Waals surface area (Å²) >= 11 is 0. The number of hydrogen-bond donors (Lipinski definition) is 2. The summed E-state index contributed by atoms with van der Waals surface area (Å²) in [5.74, 6) is -0.413. The first-order valence-corrected chi connectivity index (χ1v) is 5.99. The summed E-state index contributed by atoms with van der Waals surface area (Å²) in [6.07, 6.45) is 2.20. The SMILES string of the molecule is CC(C)(C)OC(=O)N[C@H](CCC(=O)O)C1CC1. The number of hydrogen-bond acceptors (Lipinski definition) is 3. The van der Waals surface area contributed by atoms with Crippen molar-refractivity contribution in [2.24, 2.45) is 5.92 Å². The molecule has 0 heterocycles. The second kappa shape index (κ2) is 5.38. The molecule has 0 radical (unpaired) electrons. The fourth-order valence-electron chi connectivity index (χ4n) is 1.66. The van der Waals surface area contributed by atoms with Crippen LogP contribution in [0.1, 0.15) is 46.5 Å². The smallest absolute Gasteiger partial charge is 0.407 e. The topological polar surface area (TPSA) is 75.6 Å². The van der Waals surface area contributed by atoms with Gasteiger partial charge in [-0.15, -0.1) is 0 Å². The molecular weight excluding hydrogens is 222 g/mol. The second-order valence-corrected chi connectivity index (χ2v) is 5.52. The zero-order chi connectivity index (χ0) is 13.1. The Kier molecular flexibility index (Phi) is 4.37. The van der Waals surface area contributed by atoms with Crippen LogP contribution in [0.15, 0.2) is 0 Å². The minimum absolute atomic E-state index is 0.0686. The molecule has 17 heavy (non-hydrogen) atoms. The molecule has 98 valence electrons. The highest BCUT2D eigenvalue weighted by molar-refractivity contribution is 5.69. The van der Waals surface area contributed by atoms with Gasteiger partial charge < -0.3 is 15.2 Å². The summed E-state index contributed by atoms with van der Waals surface area (Å²) in [6.45, 7) is 5.40. The largest absolute Gasteiger partial charge is 0.481 e. The van der Waals surface area contributed by atoms with Gasteiger partial charge in [0.1, 0.15) is 5.60 Å². The fourth-order valence-corrected chi connectivity index (χ4v) is 1.66. The molecule has 0 aromatic carbocycles. The Balaban J connectivity index is 2.38. The monoisotopic (exact) mass is 243 g/mol. The highest BCUT2D eigenvalue weighted by atomic mass is 16.6. The van der Waals surface area contributed by atoms with Gasteiger partial charge in [-0.1, -0.05) is 0 Å². The Morgan fingerprint density at radius 1 is 1.41 bits per heavy atom. The third-order valence-corrected chi connectivity index (χ3v) is 2.56. The molecule has 2 N–H and O–H groups in total. The van der Waals surface area contributed by atoms with Gasteiger partial charge in [-0.3, -0.25) is 4.79 Å². The minimum Gasteiger partial charge on any atom is -0.481 e. The van der Waals surface area contributed by atoms with E-state index < -0.39 is 17.7 Å². The maximum Gasteiger partial charge on any atom is 0.407 e. The molecule has 0 bridgehead atoms. The first-order valence-electron chi connectivity index (χ1n) is 5.99. The quantitative estimate of drug-likeness (QED) is 0.775. The lowest BCUT2D eigenvalue weighted by Crippen LogP contribution is -2.40. The molecule has 1 aliphatic rings. The fraction of sp³-hybridized carbons (Fsp3) is 0.833. The average molecular weight is 243 g/mol. The first-order chi connectivity index (χ1) is 7.78. The summed E-state index contributed by atoms with van der Waals surface area (Å²) < 4.78 is 5.16. The van der Waals surface area contributed by atoms with Gasteiger partial charge in [0, 0.05) is 12.5 Å². The highest BCUT2D eigenvalue weighted by Crippen LogP contribution is 2.34. The molecule has 0 saturated heterocycles. The summed E-state index contributed by atoms with van der Waals surface area (Å²) in [5.41, 5.74) is -0.523. The van der Waals surface area contributed by atoms with Crippen LogP contribution in [0.4, 0.5) is 4.79 Å². The van der Waals surface area contributed by atoms with Gasteiger partial charge in [0.25, 0.3) is 0 Å². The second-order valence-electron chi connectivity index (χ2n) is 5.52. The lowest BCUT2D eigenvalue weighted by Gasteiger charge is -2.23. The van der Waals surface area contributed by atoms with Gasteiger partial charge in [0.05, 0.1) is 0 Å². The van der Waals surface area contributed by atoms with E-state index in [1.807, 2.05) is 0 Å². The molecule has 0 aromatic rings. The summed E-state index contributed by atoms with van der Waals surface area (Å²) in [6, 6.07) is -0.0686. The van der Waals surface area contributed by atoms with Crippen molar-refractivity contribution in [3.8, 4) is 0 Å². The van der Waals surface area contributed by atoms with E-state index >= 15 is 0 Å². The van der Waals surface area contributed by atoms with Crippen LogP contribution in [0.3, 0.4) is 0 Å². The number of amides is 1. The normalized spacial score (nSPS) is 17.4. The van der Waals surface area contributed by atoms with E-state index in [1.165, 1.54) is 0 Å². The van der Waals surface area contributed by atoms with Crippen LogP contribution in [-0.2, 0) is 9.53 Å². The third kappa shape index (κ3) is 6.14. The molecule has 1 saturated carbocycles. The standard InChI is InChI=1S/C12H21NO4/c1-12(2,3)17-11(16)13-9(8-4-5-8)6-7-10(14)15/h8-9H,4-7H2,1-3H3,(H,13,16)(H,14,15)/t9-/m1/s1. The molecule has 1 fully saturated rings. The number of rotatable bonds is 5. The van der Waals surface area contributed by atoms with Crippen LogP contribution >= 0.6 is 0 Å². The van der Waals surface area contributed by atoms with Gasteiger partial charge >= 0.3 is 12.1 Å². The molecule has 1 atom stereocenters. The lowest BCUT2D eigenvalue weighted by molar-refractivity contribution is -0.137. The van der Waals surface area contributed by atoms with Gasteiger partial charge in [0.2, 0.25) is 0 Å². The van der Waals surface area contributed by atoms with Crippen LogP contribution in [0.25, 0.3) is 0 Å². The van der Waals surface area contributed by atoms with Crippen molar-refractivity contribution in [2.45, 2.75) is 58.1 Å². The lowest BCUT2D eigenvalue weighted by atomic mass is 10.1. The van der Waals surface area contributed by atoms with Crippen LogP contribution < -0.4 is 5.32 Å². The minimum atomic E-state index is -0.832. The van der Waals surface area contributed by atoms with Crippen LogP contribution in [-0.4, -0.2) is 28.8 Å². The Labute approximate surface area is 102 Å². The summed E-state index contributed by atoms with van der Waals surface area (Å²) in [4.78, 5) is 22.1. The van der Waals surface area contributed by atoms with E-state index in [0.29, 0.717) is 12.3 Å². The Morgan fingerprint density at radius 2 is 2.00 bits per heavy atom. The van der Waals surface area contributed by atoms with Gasteiger partial charge in [-0.05, 0) is 46.0 Å². The van der Waals surface area contributed by atoms with Gasteiger partial charge in [-0.25, -0.2) is 4.79 Å². The molecule has 1 aliphatic carbocycles. The maximum absolute atomic E-state index is 11.6. The van der Waals surface area contributed by atoms with E-state index in [-0.39, 0.29) is 12.5 Å². The van der Waals surface area contributed by atoms with Crippen molar-refractivity contribution in [3.63, 3.8) is 0 Å². The number of aliphatic carboxylic acids is 1. The van der Waals surface area contributed by atoms with Crippen molar-refractivity contribution in [1.82, 2.24) is 5.32 Å². The number of carboxylic acids is 1. The van der Waals surface area contributed by atoms with E-state index in [9.17, 15) is 9.59 Å². The molecule has 5 heteroatoms. The Morgan fingerprint density at radius 3 is 2.41 bits per heavy atom. The number of carbonyl (C=O) groups is 2. The maximum atomic E-state index is 11.6. The van der Waals surface area contributed by atoms with E-state index in [1.54, 1.807) is 20.8 Å². The van der Waals surface area contributed by atoms with Crippen molar-refractivity contribution >= 4 is 12.1 Å². The summed E-state index contributed by atoms with van der Waals surface area (Å²) in [7, 11) is 0. The predicted octanol–water partition coefficient (Wildman–Crippen LogP) is 2.15. The van der Waals surface area contributed by atoms with Crippen LogP contribution in [0.5, 0.6) is 0 Å². The zero-order valence-electron chi connectivity index (χ0n) is 10.7. The number of carbonyl (C=O) groups excluding carboxylic acids is 1. The Hall–Kier alpha value is -1.26. The van der Waals surface area contributed by atoms with Crippen molar-refractivity contribution in [2.75, 3.05) is 0 Å². The number of alkyl carbamates (subject to hydrolysis) is 1. The van der Waals surface area contributed by atoms with Gasteiger partial charge in [0.15, 0.2) is 0 Å². The highest BCUT2D eigenvalue weighted by Gasteiger charge is 2.33. The van der Waals surface area contributed by atoms with Crippen molar-refractivity contribution < 1.29 is 19.4 Å². The van der Waals surface area contributed by atoms with Crippen molar-refractivity contribution in [1.29, 1.82) is 0 Å². The van der Waals surface area contributed by atoms with E-state index in [4.69, 9.17) is 9.84 Å². The number of carboxylic acid groups (broad SMARTS) is 1. The number of ether oxygens (including phenoxy) is 1. The van der Waals surface area contributed by atoms with Crippen LogP contribution in [0.2, 0.25) is 0 Å². The number of nitrogens with one attached hydrogen (secondary N) is 1. The van der Waals surface area contributed by atoms with E-state index in [2.05, 4.69) is 5.32 Å². The van der Waals surface area contributed by atoms with Gasteiger partial charge in [-0.2, -0.15) is 0 Å². The molecule has 0 spiro atoms. The predicted molar refractivity (Wildman–Crippen MR) is 62.8 cm³/mol. The van der Waals surface area contributed by atoms with E-state index in [0.717, 1.165) is 12.8 Å². The molecule has 1 rings (SSSR count). The molecule has 0 aliphatic heterocycles. The van der Waals surface area contributed by atoms with Crippen molar-refractivity contribution in [3.05, 3.63) is 0 Å². The third-order valence-electron chi connectivity index (χ3n) is 2.56.